The SMILES string of the molecule is C[C@@H]1Cc2[nH]cc(C(=O)Nc3ccc(F)c(F)c3)c2-c2nccn21. The van der Waals surface area contributed by atoms with Crippen LogP contribution in [0.1, 0.15) is 29.0 Å². The number of fused-ring (bicyclic) bond motifs is 3. The fourth-order valence-electron chi connectivity index (χ4n) is 3.09. The number of carbonyl (C=O) groups is 1. The van der Waals surface area contributed by atoms with Crippen LogP contribution in [0.5, 0.6) is 0 Å². The van der Waals surface area contributed by atoms with Gasteiger partial charge in [0, 0.05) is 48.5 Å². The smallest absolute Gasteiger partial charge is 0.257 e. The van der Waals surface area contributed by atoms with Gasteiger partial charge < -0.3 is 14.9 Å². The zero-order chi connectivity index (χ0) is 16.8. The van der Waals surface area contributed by atoms with Gasteiger partial charge in [0.2, 0.25) is 0 Å². The van der Waals surface area contributed by atoms with Crippen molar-refractivity contribution in [2.75, 3.05) is 5.32 Å². The molecule has 3 heterocycles. The lowest BCUT2D eigenvalue weighted by atomic mass is 10.0. The molecule has 24 heavy (non-hydrogen) atoms. The number of hydrogen-bond donors (Lipinski definition) is 2. The summed E-state index contributed by atoms with van der Waals surface area (Å²) in [5.74, 6) is -1.64. The molecule has 122 valence electrons. The Labute approximate surface area is 136 Å². The minimum absolute atomic E-state index is 0.196. The van der Waals surface area contributed by atoms with Gasteiger partial charge in [-0.25, -0.2) is 13.8 Å². The predicted octanol–water partition coefficient (Wildman–Crippen LogP) is 3.53. The van der Waals surface area contributed by atoms with Gasteiger partial charge in [-0.1, -0.05) is 0 Å². The minimum atomic E-state index is -1.01. The van der Waals surface area contributed by atoms with E-state index in [1.54, 1.807) is 12.4 Å². The number of imidazole rings is 1. The van der Waals surface area contributed by atoms with Gasteiger partial charge in [0.25, 0.3) is 5.91 Å². The maximum Gasteiger partial charge on any atom is 0.257 e. The third-order valence-electron chi connectivity index (χ3n) is 4.25. The molecule has 1 aliphatic rings. The highest BCUT2D eigenvalue weighted by Crippen LogP contribution is 2.35. The second-order valence-electron chi connectivity index (χ2n) is 5.85. The van der Waals surface area contributed by atoms with Gasteiger partial charge in [-0.05, 0) is 19.1 Å². The Morgan fingerprint density at radius 1 is 1.38 bits per heavy atom. The Bertz CT molecular complexity index is 944. The number of aromatic nitrogens is 3. The molecule has 2 N–H and O–H groups in total. The largest absolute Gasteiger partial charge is 0.364 e. The highest BCUT2D eigenvalue weighted by molar-refractivity contribution is 6.08. The summed E-state index contributed by atoms with van der Waals surface area (Å²) >= 11 is 0. The lowest BCUT2D eigenvalue weighted by Gasteiger charge is -2.22. The fraction of sp³-hybridized carbons (Fsp3) is 0.176. The van der Waals surface area contributed by atoms with E-state index in [4.69, 9.17) is 0 Å². The van der Waals surface area contributed by atoms with E-state index in [0.717, 1.165) is 35.6 Å². The molecule has 0 saturated heterocycles. The van der Waals surface area contributed by atoms with Gasteiger partial charge in [-0.2, -0.15) is 0 Å². The van der Waals surface area contributed by atoms with Gasteiger partial charge in [-0.15, -0.1) is 0 Å². The van der Waals surface area contributed by atoms with E-state index < -0.39 is 17.5 Å². The molecule has 5 nitrogen and oxygen atoms in total. The number of amides is 1. The zero-order valence-electron chi connectivity index (χ0n) is 12.8. The molecular formula is C17H14F2N4O. The van der Waals surface area contributed by atoms with E-state index in [-0.39, 0.29) is 11.7 Å². The molecular weight excluding hydrogens is 314 g/mol. The Balaban J connectivity index is 1.69. The third kappa shape index (κ3) is 2.20. The molecule has 1 atom stereocenters. The molecule has 0 saturated carbocycles. The van der Waals surface area contributed by atoms with Gasteiger partial charge in [0.1, 0.15) is 5.82 Å². The van der Waals surface area contributed by atoms with Gasteiger partial charge in [0.05, 0.1) is 11.1 Å². The Morgan fingerprint density at radius 2 is 2.21 bits per heavy atom. The first-order chi connectivity index (χ1) is 11.5. The van der Waals surface area contributed by atoms with Crippen LogP contribution in [0, 0.1) is 11.6 Å². The van der Waals surface area contributed by atoms with E-state index in [9.17, 15) is 13.6 Å². The standard InChI is InChI=1S/C17H14F2N4O/c1-9-6-14-15(16-20-4-5-23(9)16)11(8-21-14)17(24)22-10-2-3-12(18)13(19)7-10/h2-5,7-9,21H,6H2,1H3,(H,22,24)/t9-/m1/s1. The molecule has 7 heteroatoms. The summed E-state index contributed by atoms with van der Waals surface area (Å²) in [4.78, 5) is 20.0. The number of anilines is 1. The summed E-state index contributed by atoms with van der Waals surface area (Å²) in [5, 5.41) is 2.59. The number of halogens is 2. The van der Waals surface area contributed by atoms with Crippen molar-refractivity contribution in [2.45, 2.75) is 19.4 Å². The van der Waals surface area contributed by atoms with Gasteiger partial charge in [-0.3, -0.25) is 4.79 Å². The van der Waals surface area contributed by atoms with Crippen LogP contribution in [-0.4, -0.2) is 20.4 Å². The van der Waals surface area contributed by atoms with Crippen LogP contribution >= 0.6 is 0 Å². The first kappa shape index (κ1) is 14.6. The van der Waals surface area contributed by atoms with Crippen molar-refractivity contribution in [3.8, 4) is 11.4 Å². The van der Waals surface area contributed by atoms with Crippen molar-refractivity contribution >= 4 is 11.6 Å². The molecule has 2 aromatic heterocycles. The van der Waals surface area contributed by atoms with Crippen LogP contribution in [0.4, 0.5) is 14.5 Å². The maximum absolute atomic E-state index is 13.3. The van der Waals surface area contributed by atoms with Crippen molar-refractivity contribution in [1.29, 1.82) is 0 Å². The number of H-pyrrole nitrogens is 1. The Morgan fingerprint density at radius 3 is 3.00 bits per heavy atom. The summed E-state index contributed by atoms with van der Waals surface area (Å²) in [5.41, 5.74) is 2.31. The molecule has 0 spiro atoms. The molecule has 1 aliphatic heterocycles. The Hall–Kier alpha value is -2.96. The molecule has 1 amide bonds. The van der Waals surface area contributed by atoms with Crippen LogP contribution in [0.3, 0.4) is 0 Å². The molecule has 0 unspecified atom stereocenters. The first-order valence-corrected chi connectivity index (χ1v) is 7.54. The van der Waals surface area contributed by atoms with Gasteiger partial charge in [0.15, 0.2) is 11.6 Å². The number of nitrogens with zero attached hydrogens (tertiary/aromatic N) is 2. The molecule has 0 radical (unpaired) electrons. The zero-order valence-corrected chi connectivity index (χ0v) is 12.8. The summed E-state index contributed by atoms with van der Waals surface area (Å²) < 4.78 is 28.3. The van der Waals surface area contributed by atoms with Crippen molar-refractivity contribution in [1.82, 2.24) is 14.5 Å². The van der Waals surface area contributed by atoms with Crippen molar-refractivity contribution < 1.29 is 13.6 Å². The van der Waals surface area contributed by atoms with Crippen LogP contribution in [-0.2, 0) is 6.42 Å². The van der Waals surface area contributed by atoms with E-state index in [2.05, 4.69) is 22.2 Å². The van der Waals surface area contributed by atoms with Crippen LogP contribution in [0.15, 0.2) is 36.8 Å². The number of aromatic amines is 1. The summed E-state index contributed by atoms with van der Waals surface area (Å²) in [7, 11) is 0. The molecule has 4 rings (SSSR count). The quantitative estimate of drug-likeness (QED) is 0.756. The monoisotopic (exact) mass is 328 g/mol. The highest BCUT2D eigenvalue weighted by Gasteiger charge is 2.28. The fourth-order valence-corrected chi connectivity index (χ4v) is 3.09. The summed E-state index contributed by atoms with van der Waals surface area (Å²) in [6, 6.07) is 3.50. The summed E-state index contributed by atoms with van der Waals surface area (Å²) in [6.45, 7) is 2.08. The first-order valence-electron chi connectivity index (χ1n) is 7.54. The maximum atomic E-state index is 13.3. The Kier molecular flexibility index (Phi) is 3.23. The number of nitrogens with one attached hydrogen (secondary N) is 2. The van der Waals surface area contributed by atoms with Crippen molar-refractivity contribution in [2.24, 2.45) is 0 Å². The molecule has 0 aliphatic carbocycles. The number of benzene rings is 1. The number of hydrogen-bond acceptors (Lipinski definition) is 2. The minimum Gasteiger partial charge on any atom is -0.364 e. The average molecular weight is 328 g/mol. The van der Waals surface area contributed by atoms with Crippen LogP contribution in [0.25, 0.3) is 11.4 Å². The molecule has 0 fully saturated rings. The van der Waals surface area contributed by atoms with E-state index in [1.165, 1.54) is 6.07 Å². The molecule has 0 bridgehead atoms. The number of rotatable bonds is 2. The van der Waals surface area contributed by atoms with E-state index in [1.807, 2.05) is 10.8 Å². The molecule has 3 aromatic rings. The normalized spacial score (nSPS) is 15.7. The predicted molar refractivity (Wildman–Crippen MR) is 84.7 cm³/mol. The third-order valence-corrected chi connectivity index (χ3v) is 4.25. The second-order valence-corrected chi connectivity index (χ2v) is 5.85. The van der Waals surface area contributed by atoms with E-state index in [0.29, 0.717) is 5.56 Å². The van der Waals surface area contributed by atoms with Crippen molar-refractivity contribution in [3.05, 3.63) is 59.7 Å². The molecule has 1 aromatic carbocycles. The number of carbonyl (C=O) groups excluding carboxylic acids is 1. The second kappa shape index (κ2) is 5.30. The van der Waals surface area contributed by atoms with E-state index >= 15 is 0 Å². The lowest BCUT2D eigenvalue weighted by Crippen LogP contribution is -2.18. The highest BCUT2D eigenvalue weighted by atomic mass is 19.2. The topological polar surface area (TPSA) is 62.7 Å². The average Bonchev–Trinajstić information content (AvgIpc) is 3.17. The van der Waals surface area contributed by atoms with Crippen molar-refractivity contribution in [3.63, 3.8) is 0 Å². The lowest BCUT2D eigenvalue weighted by molar-refractivity contribution is 0.102. The van der Waals surface area contributed by atoms with Crippen LogP contribution in [0.2, 0.25) is 0 Å². The van der Waals surface area contributed by atoms with Crippen LogP contribution < -0.4 is 5.32 Å². The van der Waals surface area contributed by atoms with Gasteiger partial charge >= 0.3 is 0 Å². The summed E-state index contributed by atoms with van der Waals surface area (Å²) in [6.07, 6.45) is 5.96.